The summed E-state index contributed by atoms with van der Waals surface area (Å²) in [6.07, 6.45) is 8.27. The first-order valence-corrected chi connectivity index (χ1v) is 11.3. The Morgan fingerprint density at radius 3 is 2.51 bits per heavy atom. The van der Waals surface area contributed by atoms with E-state index in [4.69, 9.17) is 22.7 Å². The van der Waals surface area contributed by atoms with E-state index in [1.807, 2.05) is 48.8 Å². The number of hydrogen-bond donors (Lipinski definition) is 5. The number of imidazole rings is 1. The number of rotatable bonds is 9. The topological polar surface area (TPSA) is 169 Å². The maximum Gasteiger partial charge on any atom is 0.268 e. The van der Waals surface area contributed by atoms with Crippen LogP contribution < -0.4 is 22.6 Å². The van der Waals surface area contributed by atoms with E-state index in [1.165, 1.54) is 11.2 Å². The van der Waals surface area contributed by atoms with Crippen LogP contribution in [-0.4, -0.2) is 32.4 Å². The predicted octanol–water partition coefficient (Wildman–Crippen LogP) is 1.72. The van der Waals surface area contributed by atoms with Crippen molar-refractivity contribution >= 4 is 23.7 Å². The summed E-state index contributed by atoms with van der Waals surface area (Å²) in [4.78, 5) is 28.6. The number of fused-ring (bicyclic) bond motifs is 1. The lowest BCUT2D eigenvalue weighted by Crippen LogP contribution is -2.33. The van der Waals surface area contributed by atoms with E-state index >= 15 is 0 Å². The summed E-state index contributed by atoms with van der Waals surface area (Å²) in [5, 5.41) is 11.7. The Morgan fingerprint density at radius 1 is 1.23 bits per heavy atom. The van der Waals surface area contributed by atoms with Crippen LogP contribution in [0.2, 0.25) is 0 Å². The largest absolute Gasteiger partial charge is 0.393 e. The summed E-state index contributed by atoms with van der Waals surface area (Å²) in [6.45, 7) is 4.29. The number of nitrogen functional groups attached to an aromatic ring is 1. The lowest BCUT2D eigenvalue weighted by molar-refractivity contribution is -0.117. The van der Waals surface area contributed by atoms with Gasteiger partial charge in [0.15, 0.2) is 6.29 Å². The molecule has 4 rings (SSSR count). The molecule has 0 spiro atoms. The molecule has 1 fully saturated rings. The van der Waals surface area contributed by atoms with Gasteiger partial charge in [-0.25, -0.2) is 10.8 Å². The van der Waals surface area contributed by atoms with Gasteiger partial charge in [0, 0.05) is 30.7 Å². The quantitative estimate of drug-likeness (QED) is 0.0785. The van der Waals surface area contributed by atoms with Crippen molar-refractivity contribution in [2.45, 2.75) is 45.7 Å². The monoisotopic (exact) mass is 474 g/mol. The van der Waals surface area contributed by atoms with Crippen LogP contribution >= 0.6 is 0 Å². The van der Waals surface area contributed by atoms with E-state index < -0.39 is 5.91 Å². The van der Waals surface area contributed by atoms with Crippen LogP contribution in [0.4, 0.5) is 0 Å². The minimum absolute atomic E-state index is 0.00153. The van der Waals surface area contributed by atoms with E-state index in [-0.39, 0.29) is 24.6 Å². The number of amides is 1. The van der Waals surface area contributed by atoms with Crippen LogP contribution in [0.1, 0.15) is 62.6 Å². The molecule has 0 atom stereocenters. The molecule has 1 aliphatic rings. The van der Waals surface area contributed by atoms with Crippen molar-refractivity contribution < 1.29 is 9.59 Å². The van der Waals surface area contributed by atoms with E-state index in [1.54, 1.807) is 0 Å². The second-order valence-electron chi connectivity index (χ2n) is 9.03. The van der Waals surface area contributed by atoms with Gasteiger partial charge in [0.2, 0.25) is 0 Å². The number of amidine groups is 1. The molecule has 182 valence electrons. The number of carbonyl (C=O) groups excluding carboxylic acids is 2. The van der Waals surface area contributed by atoms with Crippen LogP contribution in [0.5, 0.6) is 0 Å². The van der Waals surface area contributed by atoms with Gasteiger partial charge >= 0.3 is 0 Å². The first-order chi connectivity index (χ1) is 16.7. The van der Waals surface area contributed by atoms with Crippen molar-refractivity contribution in [3.63, 3.8) is 0 Å². The van der Waals surface area contributed by atoms with Gasteiger partial charge < -0.3 is 26.2 Å². The smallest absolute Gasteiger partial charge is 0.268 e. The van der Waals surface area contributed by atoms with Gasteiger partial charge in [0.25, 0.3) is 5.91 Å². The van der Waals surface area contributed by atoms with Crippen molar-refractivity contribution in [3.8, 4) is 0 Å². The molecule has 2 heterocycles. The van der Waals surface area contributed by atoms with Gasteiger partial charge in [-0.15, -0.1) is 0 Å². The normalized spacial score (nSPS) is 13.6. The highest BCUT2D eigenvalue weighted by molar-refractivity contribution is 5.95. The van der Waals surface area contributed by atoms with Crippen molar-refractivity contribution in [1.82, 2.24) is 19.7 Å². The molecule has 35 heavy (non-hydrogen) atoms. The van der Waals surface area contributed by atoms with Crippen molar-refractivity contribution in [1.29, 1.82) is 5.41 Å². The van der Waals surface area contributed by atoms with Crippen LogP contribution in [0.3, 0.4) is 0 Å². The van der Waals surface area contributed by atoms with Gasteiger partial charge in [0.1, 0.15) is 17.2 Å². The number of aryl methyl sites for hydroxylation is 2. The number of aromatic nitrogens is 2. The third-order valence-electron chi connectivity index (χ3n) is 6.17. The van der Waals surface area contributed by atoms with Crippen molar-refractivity contribution in [2.75, 3.05) is 0 Å². The predicted molar refractivity (Wildman–Crippen MR) is 133 cm³/mol. The Morgan fingerprint density at radius 2 is 1.91 bits per heavy atom. The standard InChI is InChI=1S/C25H30N8O2/c1-14-5-17(23(27)28)6-15(2)21(14)8-30-25(35)22(26)12-33(29)11-20-10-32-9-18(16-3-4-16)7-19(13-34)24(32)31-20/h5-7,9-10,12-13,16H,3-4,8,11,26,29H2,1-2H3,(H3,27,28)(H,30,35)/b22-12-. The number of nitrogens with one attached hydrogen (secondary N) is 2. The highest BCUT2D eigenvalue weighted by Crippen LogP contribution is 2.40. The molecule has 0 saturated heterocycles. The maximum absolute atomic E-state index is 12.5. The van der Waals surface area contributed by atoms with E-state index in [2.05, 4.69) is 10.3 Å². The Labute approximate surface area is 203 Å². The molecule has 3 aromatic rings. The maximum atomic E-state index is 12.5. The lowest BCUT2D eigenvalue weighted by Gasteiger charge is -2.15. The average Bonchev–Trinajstić information content (AvgIpc) is 3.57. The Bertz CT molecular complexity index is 1330. The Balaban J connectivity index is 1.41. The van der Waals surface area contributed by atoms with Gasteiger partial charge in [-0.3, -0.25) is 15.0 Å². The summed E-state index contributed by atoms with van der Waals surface area (Å²) < 4.78 is 1.85. The molecule has 0 bridgehead atoms. The average molecular weight is 475 g/mol. The zero-order valence-electron chi connectivity index (χ0n) is 19.8. The van der Waals surface area contributed by atoms with Crippen molar-refractivity contribution in [3.05, 3.63) is 81.6 Å². The fourth-order valence-electron chi connectivity index (χ4n) is 4.17. The van der Waals surface area contributed by atoms with E-state index in [9.17, 15) is 9.59 Å². The SMILES string of the molecule is Cc1cc(C(=N)N)cc(C)c1CNC(=O)/C(N)=C/N(N)Cc1cn2cc(C3CC3)cc(C=O)c2n1. The summed E-state index contributed by atoms with van der Waals surface area (Å²) in [5.74, 6) is 6.12. The Kier molecular flexibility index (Phi) is 6.57. The van der Waals surface area contributed by atoms with Gasteiger partial charge in [-0.1, -0.05) is 0 Å². The fourth-order valence-corrected chi connectivity index (χ4v) is 4.17. The van der Waals surface area contributed by atoms with Crippen LogP contribution in [0.15, 0.2) is 42.5 Å². The third kappa shape index (κ3) is 5.33. The van der Waals surface area contributed by atoms with Gasteiger partial charge in [-0.05, 0) is 73.1 Å². The minimum atomic E-state index is -0.456. The molecule has 0 aliphatic heterocycles. The van der Waals surface area contributed by atoms with Crippen LogP contribution in [-0.2, 0) is 17.9 Å². The highest BCUT2D eigenvalue weighted by atomic mass is 16.2. The molecule has 1 aliphatic carbocycles. The molecule has 1 amide bonds. The molecule has 2 aromatic heterocycles. The molecule has 8 N–H and O–H groups in total. The Hall–Kier alpha value is -4.18. The number of pyridine rings is 1. The number of aldehydes is 1. The summed E-state index contributed by atoms with van der Waals surface area (Å²) in [6, 6.07) is 5.53. The number of carbonyl (C=O) groups is 2. The highest BCUT2D eigenvalue weighted by Gasteiger charge is 2.25. The zero-order valence-corrected chi connectivity index (χ0v) is 19.8. The molecule has 10 heteroatoms. The van der Waals surface area contributed by atoms with E-state index in [0.29, 0.717) is 28.4 Å². The molecule has 0 radical (unpaired) electrons. The molecule has 10 nitrogen and oxygen atoms in total. The summed E-state index contributed by atoms with van der Waals surface area (Å²) >= 11 is 0. The van der Waals surface area contributed by atoms with E-state index in [0.717, 1.165) is 41.4 Å². The van der Waals surface area contributed by atoms with Crippen molar-refractivity contribution in [2.24, 2.45) is 17.3 Å². The number of hydrazine groups is 1. The third-order valence-corrected chi connectivity index (χ3v) is 6.17. The minimum Gasteiger partial charge on any atom is -0.393 e. The number of nitrogens with zero attached hydrogens (tertiary/aromatic N) is 3. The van der Waals surface area contributed by atoms with Crippen LogP contribution in [0, 0.1) is 19.3 Å². The second-order valence-corrected chi connectivity index (χ2v) is 9.03. The van der Waals surface area contributed by atoms with Gasteiger partial charge in [0.05, 0.1) is 17.8 Å². The van der Waals surface area contributed by atoms with Crippen LogP contribution in [0.25, 0.3) is 5.65 Å². The fraction of sp³-hybridized carbons (Fsp3) is 0.280. The number of nitrogens with two attached hydrogens (primary N) is 3. The number of hydrogen-bond acceptors (Lipinski definition) is 7. The molecular formula is C25H30N8O2. The van der Waals surface area contributed by atoms with Gasteiger partial charge in [-0.2, -0.15) is 0 Å². The molecule has 1 aromatic carbocycles. The molecule has 0 unspecified atom stereocenters. The summed E-state index contributed by atoms with van der Waals surface area (Å²) in [7, 11) is 0. The lowest BCUT2D eigenvalue weighted by atomic mass is 9.99. The summed E-state index contributed by atoms with van der Waals surface area (Å²) in [5.41, 5.74) is 17.8. The molecular weight excluding hydrogens is 444 g/mol. The first kappa shape index (κ1) is 24.0. The zero-order chi connectivity index (χ0) is 25.3. The molecule has 1 saturated carbocycles. The number of benzene rings is 1. The first-order valence-electron chi connectivity index (χ1n) is 11.3. The second kappa shape index (κ2) is 9.59.